The highest BCUT2D eigenvalue weighted by Gasteiger charge is 2.35. The number of rotatable bonds is 2. The Kier molecular flexibility index (Phi) is 3.18. The molecule has 94 valence electrons. The van der Waals surface area contributed by atoms with Gasteiger partial charge in [-0.05, 0) is 24.3 Å². The van der Waals surface area contributed by atoms with Crippen molar-refractivity contribution in [3.05, 3.63) is 42.4 Å². The molecule has 0 amide bonds. The van der Waals surface area contributed by atoms with E-state index in [0.717, 1.165) is 0 Å². The second-order valence-electron chi connectivity index (χ2n) is 3.58. The van der Waals surface area contributed by atoms with Crippen LogP contribution >= 0.6 is 0 Å². The Labute approximate surface area is 102 Å². The second kappa shape index (κ2) is 4.64. The summed E-state index contributed by atoms with van der Waals surface area (Å²) in [7, 11) is 1.43. The first-order valence-electron chi connectivity index (χ1n) is 5.19. The summed E-state index contributed by atoms with van der Waals surface area (Å²) in [5, 5.41) is 2.48. The van der Waals surface area contributed by atoms with Crippen LogP contribution in [0.25, 0.3) is 11.3 Å². The van der Waals surface area contributed by atoms with Crippen LogP contribution in [0.15, 0.2) is 36.7 Å². The summed E-state index contributed by atoms with van der Waals surface area (Å²) in [5.41, 5.74) is -0.179. The molecule has 2 aromatic rings. The summed E-state index contributed by atoms with van der Waals surface area (Å²) in [6.07, 6.45) is -1.46. The van der Waals surface area contributed by atoms with Gasteiger partial charge in [-0.15, -0.1) is 0 Å². The van der Waals surface area contributed by atoms with Gasteiger partial charge in [0.05, 0.1) is 11.4 Å². The van der Waals surface area contributed by atoms with Crippen molar-refractivity contribution in [3.63, 3.8) is 0 Å². The van der Waals surface area contributed by atoms with E-state index in [2.05, 4.69) is 15.3 Å². The number of nitrogens with one attached hydrogen (secondary N) is 1. The van der Waals surface area contributed by atoms with Crippen molar-refractivity contribution in [1.29, 1.82) is 0 Å². The fraction of sp³-hybridized carbons (Fsp3) is 0.167. The third-order valence-electron chi connectivity index (χ3n) is 2.39. The smallest absolute Gasteiger partial charge is 0.386 e. The lowest BCUT2D eigenvalue weighted by Gasteiger charge is -2.12. The number of hydrogen-bond donors (Lipinski definition) is 1. The molecule has 0 atom stereocenters. The standard InChI is InChI=1S/C12H10F3N3/c1-16-10-5-4-9(8-3-2-6-17-7-8)18-11(10)12(13,14)15/h2-7,16H,1H3. The molecule has 0 bridgehead atoms. The molecule has 0 aliphatic carbocycles. The number of pyridine rings is 2. The van der Waals surface area contributed by atoms with Gasteiger partial charge in [-0.3, -0.25) is 4.98 Å². The van der Waals surface area contributed by atoms with Crippen molar-refractivity contribution >= 4 is 5.69 Å². The van der Waals surface area contributed by atoms with Crippen LogP contribution in [-0.4, -0.2) is 17.0 Å². The average Bonchev–Trinajstić information content (AvgIpc) is 2.38. The largest absolute Gasteiger partial charge is 0.435 e. The molecule has 0 aliphatic heterocycles. The molecule has 0 aromatic carbocycles. The normalized spacial score (nSPS) is 11.3. The lowest BCUT2D eigenvalue weighted by atomic mass is 10.1. The van der Waals surface area contributed by atoms with Gasteiger partial charge in [0.1, 0.15) is 0 Å². The summed E-state index contributed by atoms with van der Waals surface area (Å²) >= 11 is 0. The highest BCUT2D eigenvalue weighted by atomic mass is 19.4. The summed E-state index contributed by atoms with van der Waals surface area (Å²) < 4.78 is 38.4. The SMILES string of the molecule is CNc1ccc(-c2cccnc2)nc1C(F)(F)F. The second-order valence-corrected chi connectivity index (χ2v) is 3.58. The van der Waals surface area contributed by atoms with Crippen LogP contribution in [0.1, 0.15) is 5.69 Å². The van der Waals surface area contributed by atoms with Crippen molar-refractivity contribution in [3.8, 4) is 11.3 Å². The number of aromatic nitrogens is 2. The Morgan fingerprint density at radius 1 is 1.17 bits per heavy atom. The Morgan fingerprint density at radius 2 is 1.94 bits per heavy atom. The fourth-order valence-corrected chi connectivity index (χ4v) is 1.55. The molecular weight excluding hydrogens is 243 g/mol. The molecule has 18 heavy (non-hydrogen) atoms. The summed E-state index contributed by atoms with van der Waals surface area (Å²) in [6.45, 7) is 0. The van der Waals surface area contributed by atoms with Gasteiger partial charge in [0, 0.05) is 25.0 Å². The fourth-order valence-electron chi connectivity index (χ4n) is 1.55. The highest BCUT2D eigenvalue weighted by Crippen LogP contribution is 2.34. The van der Waals surface area contributed by atoms with E-state index < -0.39 is 11.9 Å². The number of anilines is 1. The molecular formula is C12H10F3N3. The van der Waals surface area contributed by atoms with Crippen molar-refractivity contribution in [2.75, 3.05) is 12.4 Å². The zero-order valence-corrected chi connectivity index (χ0v) is 9.49. The summed E-state index contributed by atoms with van der Waals surface area (Å²) in [5.74, 6) is 0. The Morgan fingerprint density at radius 3 is 2.50 bits per heavy atom. The molecule has 0 saturated carbocycles. The number of nitrogens with zero attached hydrogens (tertiary/aromatic N) is 2. The molecule has 2 aromatic heterocycles. The molecule has 6 heteroatoms. The molecule has 0 spiro atoms. The van der Waals surface area contributed by atoms with E-state index in [0.29, 0.717) is 5.56 Å². The first-order chi connectivity index (χ1) is 8.52. The minimum absolute atomic E-state index is 0.0462. The molecule has 1 N–H and O–H groups in total. The molecule has 0 fully saturated rings. The quantitative estimate of drug-likeness (QED) is 0.893. The third kappa shape index (κ3) is 2.42. The van der Waals surface area contributed by atoms with Gasteiger partial charge >= 0.3 is 6.18 Å². The van der Waals surface area contributed by atoms with Crippen molar-refractivity contribution in [1.82, 2.24) is 9.97 Å². The summed E-state index contributed by atoms with van der Waals surface area (Å²) in [4.78, 5) is 7.52. The molecule has 0 saturated heterocycles. The predicted octanol–water partition coefficient (Wildman–Crippen LogP) is 3.20. The zero-order valence-electron chi connectivity index (χ0n) is 9.49. The predicted molar refractivity (Wildman–Crippen MR) is 62.0 cm³/mol. The molecule has 0 unspecified atom stereocenters. The van der Waals surface area contributed by atoms with E-state index in [1.54, 1.807) is 18.3 Å². The monoisotopic (exact) mass is 253 g/mol. The number of alkyl halides is 3. The van der Waals surface area contributed by atoms with Crippen molar-refractivity contribution in [2.24, 2.45) is 0 Å². The van der Waals surface area contributed by atoms with Crippen LogP contribution in [0.3, 0.4) is 0 Å². The van der Waals surface area contributed by atoms with E-state index in [4.69, 9.17) is 0 Å². The summed E-state index contributed by atoms with van der Waals surface area (Å²) in [6, 6.07) is 6.20. The molecule has 2 rings (SSSR count). The van der Waals surface area contributed by atoms with E-state index in [1.807, 2.05) is 0 Å². The van der Waals surface area contributed by atoms with Gasteiger partial charge in [-0.2, -0.15) is 13.2 Å². The maximum Gasteiger partial charge on any atom is 0.435 e. The zero-order chi connectivity index (χ0) is 13.2. The van der Waals surface area contributed by atoms with Crippen LogP contribution in [0.4, 0.5) is 18.9 Å². The number of halogens is 3. The Bertz CT molecular complexity index is 538. The lowest BCUT2D eigenvalue weighted by molar-refractivity contribution is -0.140. The van der Waals surface area contributed by atoms with E-state index >= 15 is 0 Å². The van der Waals surface area contributed by atoms with Gasteiger partial charge in [0.25, 0.3) is 0 Å². The van der Waals surface area contributed by atoms with Crippen LogP contribution in [0.2, 0.25) is 0 Å². The average molecular weight is 253 g/mol. The minimum Gasteiger partial charge on any atom is -0.386 e. The van der Waals surface area contributed by atoms with Gasteiger partial charge < -0.3 is 5.32 Å². The molecule has 0 aliphatic rings. The van der Waals surface area contributed by atoms with Crippen LogP contribution in [-0.2, 0) is 6.18 Å². The topological polar surface area (TPSA) is 37.8 Å². The molecule has 3 nitrogen and oxygen atoms in total. The number of hydrogen-bond acceptors (Lipinski definition) is 3. The highest BCUT2D eigenvalue weighted by molar-refractivity contribution is 5.62. The van der Waals surface area contributed by atoms with Gasteiger partial charge in [-0.1, -0.05) is 0 Å². The Hall–Kier alpha value is -2.11. The van der Waals surface area contributed by atoms with Crippen LogP contribution in [0, 0.1) is 0 Å². The Balaban J connectivity index is 2.53. The first-order valence-corrected chi connectivity index (χ1v) is 5.19. The molecule has 0 radical (unpaired) electrons. The van der Waals surface area contributed by atoms with Gasteiger partial charge in [0.2, 0.25) is 0 Å². The van der Waals surface area contributed by atoms with Crippen LogP contribution in [0.5, 0.6) is 0 Å². The minimum atomic E-state index is -4.49. The maximum atomic E-state index is 12.8. The maximum absolute atomic E-state index is 12.8. The lowest BCUT2D eigenvalue weighted by Crippen LogP contribution is -2.12. The van der Waals surface area contributed by atoms with Gasteiger partial charge in [0.15, 0.2) is 5.69 Å². The molecule has 2 heterocycles. The third-order valence-corrected chi connectivity index (χ3v) is 2.39. The van der Waals surface area contributed by atoms with E-state index in [-0.39, 0.29) is 11.4 Å². The van der Waals surface area contributed by atoms with Gasteiger partial charge in [-0.25, -0.2) is 4.98 Å². The van der Waals surface area contributed by atoms with Crippen molar-refractivity contribution < 1.29 is 13.2 Å². The first kappa shape index (κ1) is 12.3. The van der Waals surface area contributed by atoms with Crippen LogP contribution < -0.4 is 5.32 Å². The van der Waals surface area contributed by atoms with E-state index in [9.17, 15) is 13.2 Å². The van der Waals surface area contributed by atoms with E-state index in [1.165, 1.54) is 25.4 Å². The van der Waals surface area contributed by atoms with Crippen molar-refractivity contribution in [2.45, 2.75) is 6.18 Å².